The first-order valence-electron chi connectivity index (χ1n) is 3.92. The summed E-state index contributed by atoms with van der Waals surface area (Å²) in [4.78, 5) is 0. The van der Waals surface area contributed by atoms with Crippen LogP contribution in [0.2, 0.25) is 0 Å². The molecule has 0 bridgehead atoms. The summed E-state index contributed by atoms with van der Waals surface area (Å²) in [5, 5.41) is 0. The van der Waals surface area contributed by atoms with Gasteiger partial charge in [-0.05, 0) is 18.6 Å². The van der Waals surface area contributed by atoms with Gasteiger partial charge in [0.15, 0.2) is 0 Å². The van der Waals surface area contributed by atoms with E-state index >= 15 is 0 Å². The number of benzene rings is 1. The SMILES string of the molecule is Fc1cccc(Br)c1C=CCCCl. The van der Waals surface area contributed by atoms with Crippen molar-refractivity contribution in [2.75, 3.05) is 5.88 Å². The van der Waals surface area contributed by atoms with Gasteiger partial charge in [-0.25, -0.2) is 4.39 Å². The number of allylic oxidation sites excluding steroid dienone is 1. The molecule has 0 fully saturated rings. The molecule has 0 nitrogen and oxygen atoms in total. The molecule has 0 unspecified atom stereocenters. The summed E-state index contributed by atoms with van der Waals surface area (Å²) in [6.45, 7) is 0. The number of hydrogen-bond donors (Lipinski definition) is 0. The van der Waals surface area contributed by atoms with Gasteiger partial charge in [-0.15, -0.1) is 11.6 Å². The van der Waals surface area contributed by atoms with Gasteiger partial charge in [-0.1, -0.05) is 34.1 Å². The van der Waals surface area contributed by atoms with Crippen molar-refractivity contribution in [3.63, 3.8) is 0 Å². The van der Waals surface area contributed by atoms with Gasteiger partial charge >= 0.3 is 0 Å². The maximum absolute atomic E-state index is 13.2. The molecule has 1 aromatic rings. The zero-order valence-electron chi connectivity index (χ0n) is 6.93. The highest BCUT2D eigenvalue weighted by molar-refractivity contribution is 9.10. The second-order valence-corrected chi connectivity index (χ2v) is 3.75. The Kier molecular flexibility index (Phi) is 4.46. The van der Waals surface area contributed by atoms with Crippen LogP contribution in [-0.4, -0.2) is 5.88 Å². The van der Waals surface area contributed by atoms with Crippen LogP contribution in [0, 0.1) is 5.82 Å². The fourth-order valence-corrected chi connectivity index (χ4v) is 1.53. The van der Waals surface area contributed by atoms with Crippen molar-refractivity contribution in [1.29, 1.82) is 0 Å². The fraction of sp³-hybridized carbons (Fsp3) is 0.200. The monoisotopic (exact) mass is 262 g/mol. The molecule has 0 aromatic heterocycles. The minimum atomic E-state index is -0.222. The standard InChI is InChI=1S/C10H9BrClF/c11-9-5-3-6-10(13)8(9)4-1-2-7-12/h1,3-6H,2,7H2. The molecule has 0 heterocycles. The zero-order valence-corrected chi connectivity index (χ0v) is 9.28. The van der Waals surface area contributed by atoms with Crippen LogP contribution in [0.1, 0.15) is 12.0 Å². The normalized spacial score (nSPS) is 11.0. The Morgan fingerprint density at radius 2 is 2.23 bits per heavy atom. The molecule has 0 amide bonds. The Morgan fingerprint density at radius 1 is 1.46 bits per heavy atom. The Bertz CT molecular complexity index is 290. The average molecular weight is 264 g/mol. The second kappa shape index (κ2) is 5.40. The predicted octanol–water partition coefficient (Wildman–Crippen LogP) is 4.23. The van der Waals surface area contributed by atoms with Crippen LogP contribution in [0.15, 0.2) is 28.7 Å². The van der Waals surface area contributed by atoms with Crippen molar-refractivity contribution in [3.8, 4) is 0 Å². The van der Waals surface area contributed by atoms with Gasteiger partial charge in [0, 0.05) is 15.9 Å². The van der Waals surface area contributed by atoms with Crippen molar-refractivity contribution in [2.45, 2.75) is 6.42 Å². The first-order chi connectivity index (χ1) is 6.25. The van der Waals surface area contributed by atoms with Crippen LogP contribution in [0.4, 0.5) is 4.39 Å². The molecule has 70 valence electrons. The highest BCUT2D eigenvalue weighted by Crippen LogP contribution is 2.20. The van der Waals surface area contributed by atoms with E-state index in [2.05, 4.69) is 15.9 Å². The molecule has 0 aliphatic carbocycles. The smallest absolute Gasteiger partial charge is 0.131 e. The molecule has 0 N–H and O–H groups in total. The van der Waals surface area contributed by atoms with Crippen molar-refractivity contribution in [3.05, 3.63) is 40.1 Å². The summed E-state index contributed by atoms with van der Waals surface area (Å²) in [5.41, 5.74) is 0.576. The van der Waals surface area contributed by atoms with Gasteiger partial charge in [-0.2, -0.15) is 0 Å². The van der Waals surface area contributed by atoms with Crippen LogP contribution in [0.25, 0.3) is 6.08 Å². The Balaban J connectivity index is 2.87. The molecule has 0 saturated heterocycles. The average Bonchev–Trinajstić information content (AvgIpc) is 2.10. The number of halogens is 3. The fourth-order valence-electron chi connectivity index (χ4n) is 0.934. The van der Waals surface area contributed by atoms with E-state index in [1.165, 1.54) is 6.07 Å². The Labute approximate surface area is 90.5 Å². The third-order valence-electron chi connectivity index (χ3n) is 1.56. The molecule has 0 spiro atoms. The number of alkyl halides is 1. The van der Waals surface area contributed by atoms with E-state index in [9.17, 15) is 4.39 Å². The van der Waals surface area contributed by atoms with Crippen LogP contribution in [0.3, 0.4) is 0 Å². The van der Waals surface area contributed by atoms with E-state index in [1.54, 1.807) is 12.1 Å². The third-order valence-corrected chi connectivity index (χ3v) is 2.47. The first-order valence-corrected chi connectivity index (χ1v) is 5.25. The van der Waals surface area contributed by atoms with Gasteiger partial charge in [0.2, 0.25) is 0 Å². The van der Waals surface area contributed by atoms with E-state index in [1.807, 2.05) is 12.1 Å². The van der Waals surface area contributed by atoms with Gasteiger partial charge in [0.25, 0.3) is 0 Å². The molecule has 1 rings (SSSR count). The first kappa shape index (κ1) is 10.7. The molecule has 0 aliphatic rings. The van der Waals surface area contributed by atoms with E-state index in [0.717, 1.165) is 10.9 Å². The second-order valence-electron chi connectivity index (χ2n) is 2.52. The van der Waals surface area contributed by atoms with E-state index < -0.39 is 0 Å². The van der Waals surface area contributed by atoms with Crippen molar-refractivity contribution in [2.24, 2.45) is 0 Å². The van der Waals surface area contributed by atoms with Crippen LogP contribution in [0.5, 0.6) is 0 Å². The molecule has 13 heavy (non-hydrogen) atoms. The minimum absolute atomic E-state index is 0.222. The molecular weight excluding hydrogens is 254 g/mol. The Hall–Kier alpha value is -0.340. The lowest BCUT2D eigenvalue weighted by molar-refractivity contribution is 0.624. The molecule has 0 aliphatic heterocycles. The van der Waals surface area contributed by atoms with Crippen LogP contribution < -0.4 is 0 Å². The topological polar surface area (TPSA) is 0 Å². The molecule has 0 saturated carbocycles. The Morgan fingerprint density at radius 3 is 2.85 bits per heavy atom. The number of rotatable bonds is 3. The lowest BCUT2D eigenvalue weighted by atomic mass is 10.2. The van der Waals surface area contributed by atoms with Gasteiger partial charge in [0.1, 0.15) is 5.82 Å². The highest BCUT2D eigenvalue weighted by Gasteiger charge is 2.01. The van der Waals surface area contributed by atoms with Crippen molar-refractivity contribution in [1.82, 2.24) is 0 Å². The minimum Gasteiger partial charge on any atom is -0.206 e. The summed E-state index contributed by atoms with van der Waals surface area (Å²) in [6, 6.07) is 4.91. The summed E-state index contributed by atoms with van der Waals surface area (Å²) < 4.78 is 13.9. The van der Waals surface area contributed by atoms with Gasteiger partial charge in [-0.3, -0.25) is 0 Å². The van der Waals surface area contributed by atoms with Gasteiger partial charge in [0.05, 0.1) is 0 Å². The molecule has 1 aromatic carbocycles. The lowest BCUT2D eigenvalue weighted by Crippen LogP contribution is -1.82. The molecule has 0 atom stereocenters. The summed E-state index contributed by atoms with van der Waals surface area (Å²) in [7, 11) is 0. The van der Waals surface area contributed by atoms with Crippen LogP contribution >= 0.6 is 27.5 Å². The maximum Gasteiger partial charge on any atom is 0.131 e. The van der Waals surface area contributed by atoms with E-state index in [-0.39, 0.29) is 5.82 Å². The largest absolute Gasteiger partial charge is 0.206 e. The van der Waals surface area contributed by atoms with E-state index in [4.69, 9.17) is 11.6 Å². The van der Waals surface area contributed by atoms with Crippen LogP contribution in [-0.2, 0) is 0 Å². The molecular formula is C10H9BrClF. The summed E-state index contributed by atoms with van der Waals surface area (Å²) in [5.74, 6) is 0.336. The third kappa shape index (κ3) is 3.12. The van der Waals surface area contributed by atoms with Gasteiger partial charge < -0.3 is 0 Å². The summed E-state index contributed by atoms with van der Waals surface area (Å²) in [6.07, 6.45) is 4.35. The quantitative estimate of drug-likeness (QED) is 0.716. The highest BCUT2D eigenvalue weighted by atomic mass is 79.9. The van der Waals surface area contributed by atoms with E-state index in [0.29, 0.717) is 11.4 Å². The van der Waals surface area contributed by atoms with Crippen molar-refractivity contribution < 1.29 is 4.39 Å². The predicted molar refractivity (Wildman–Crippen MR) is 58.5 cm³/mol. The summed E-state index contributed by atoms with van der Waals surface area (Å²) >= 11 is 8.77. The molecule has 0 radical (unpaired) electrons. The zero-order chi connectivity index (χ0) is 9.68. The maximum atomic E-state index is 13.2. The molecule has 3 heteroatoms. The van der Waals surface area contributed by atoms with Crippen molar-refractivity contribution >= 4 is 33.6 Å². The number of hydrogen-bond acceptors (Lipinski definition) is 0. The lowest BCUT2D eigenvalue weighted by Gasteiger charge is -1.99.